The Bertz CT molecular complexity index is 1110. The highest BCUT2D eigenvalue weighted by Gasteiger charge is 2.21. The fraction of sp³-hybridized carbons (Fsp3) is 0.240. The number of pyridine rings is 1. The molecule has 0 bridgehead atoms. The summed E-state index contributed by atoms with van der Waals surface area (Å²) in [6, 6.07) is 17.7. The highest BCUT2D eigenvalue weighted by atomic mass is 32.2. The van der Waals surface area contributed by atoms with E-state index in [1.54, 1.807) is 36.4 Å². The van der Waals surface area contributed by atoms with Crippen LogP contribution in [0.1, 0.15) is 46.9 Å². The van der Waals surface area contributed by atoms with Gasteiger partial charge in [-0.1, -0.05) is 50.1 Å². The Morgan fingerprint density at radius 2 is 1.67 bits per heavy atom. The van der Waals surface area contributed by atoms with E-state index in [4.69, 9.17) is 10.5 Å². The first-order chi connectivity index (χ1) is 16.0. The zero-order chi connectivity index (χ0) is 23.6. The number of amides is 2. The quantitative estimate of drug-likeness (QED) is 0.272. The molecule has 8 heteroatoms. The molecule has 0 saturated heterocycles. The number of carbonyl (C=O) groups is 2. The molecule has 4 N–H and O–H groups in total. The van der Waals surface area contributed by atoms with Gasteiger partial charge in [0.2, 0.25) is 0 Å². The number of rotatable bonds is 10. The standard InChI is InChI=1S/C25H28N4O3S/c1-3-4-10-15-33-25-19(24(31)27-17-11-6-5-7-12-17)16-18(22(26)29-25)23(30)28-20-13-8-9-14-21(20)32-2/h5-9,11-14,16H,3-4,10,15H2,1-2H3,(H2,26,29)(H,27,31)(H,28,30). The zero-order valence-corrected chi connectivity index (χ0v) is 19.6. The lowest BCUT2D eigenvalue weighted by atomic mass is 10.1. The van der Waals surface area contributed by atoms with Crippen molar-refractivity contribution in [3.8, 4) is 5.75 Å². The summed E-state index contributed by atoms with van der Waals surface area (Å²) in [4.78, 5) is 30.6. The number of anilines is 3. The number of nitrogens with one attached hydrogen (secondary N) is 2. The van der Waals surface area contributed by atoms with Crippen molar-refractivity contribution >= 4 is 40.8 Å². The molecule has 2 amide bonds. The minimum atomic E-state index is -0.471. The molecule has 0 spiro atoms. The number of unbranched alkanes of at least 4 members (excludes halogenated alkanes) is 2. The van der Waals surface area contributed by atoms with E-state index in [1.807, 2.05) is 18.2 Å². The van der Waals surface area contributed by atoms with E-state index in [0.29, 0.717) is 27.7 Å². The monoisotopic (exact) mass is 464 g/mol. The summed E-state index contributed by atoms with van der Waals surface area (Å²) in [7, 11) is 1.53. The number of benzene rings is 2. The van der Waals surface area contributed by atoms with E-state index in [0.717, 1.165) is 25.0 Å². The summed E-state index contributed by atoms with van der Waals surface area (Å²) in [6.45, 7) is 2.13. The van der Waals surface area contributed by atoms with Gasteiger partial charge < -0.3 is 21.1 Å². The van der Waals surface area contributed by atoms with Crippen LogP contribution in [-0.4, -0.2) is 29.7 Å². The number of nitrogens with zero attached hydrogens (tertiary/aromatic N) is 1. The molecule has 7 nitrogen and oxygen atoms in total. The minimum Gasteiger partial charge on any atom is -0.495 e. The number of nitrogens with two attached hydrogens (primary N) is 1. The van der Waals surface area contributed by atoms with E-state index in [9.17, 15) is 9.59 Å². The summed E-state index contributed by atoms with van der Waals surface area (Å²) in [5.74, 6) is 0.566. The molecule has 0 unspecified atom stereocenters. The van der Waals surface area contributed by atoms with E-state index >= 15 is 0 Å². The number of methoxy groups -OCH3 is 1. The van der Waals surface area contributed by atoms with Gasteiger partial charge in [0.15, 0.2) is 0 Å². The fourth-order valence-electron chi connectivity index (χ4n) is 3.14. The average molecular weight is 465 g/mol. The summed E-state index contributed by atoms with van der Waals surface area (Å²) < 4.78 is 5.29. The van der Waals surface area contributed by atoms with Crippen molar-refractivity contribution in [1.29, 1.82) is 0 Å². The molecule has 0 fully saturated rings. The normalized spacial score (nSPS) is 10.5. The third-order valence-electron chi connectivity index (χ3n) is 4.88. The van der Waals surface area contributed by atoms with Gasteiger partial charge in [0, 0.05) is 5.69 Å². The van der Waals surface area contributed by atoms with Crippen molar-refractivity contribution in [1.82, 2.24) is 4.98 Å². The Balaban J connectivity index is 1.91. The zero-order valence-electron chi connectivity index (χ0n) is 18.8. The summed E-state index contributed by atoms with van der Waals surface area (Å²) in [5.41, 5.74) is 7.73. The summed E-state index contributed by atoms with van der Waals surface area (Å²) in [5, 5.41) is 6.17. The molecule has 1 aromatic heterocycles. The SMILES string of the molecule is CCCCCSc1nc(N)c(C(=O)Nc2ccccc2OC)cc1C(=O)Nc1ccccc1. The second-order valence-electron chi connectivity index (χ2n) is 7.30. The van der Waals surface area contributed by atoms with Crippen LogP contribution in [0.2, 0.25) is 0 Å². The van der Waals surface area contributed by atoms with Gasteiger partial charge in [0.25, 0.3) is 11.8 Å². The van der Waals surface area contributed by atoms with Crippen molar-refractivity contribution in [3.05, 3.63) is 71.8 Å². The third-order valence-corrected chi connectivity index (χ3v) is 5.96. The molecule has 3 aromatic rings. The molecule has 0 aliphatic heterocycles. The maximum atomic E-state index is 13.1. The number of nitrogen functional groups attached to an aromatic ring is 1. The summed E-state index contributed by atoms with van der Waals surface area (Å²) in [6.07, 6.45) is 3.19. The highest BCUT2D eigenvalue weighted by molar-refractivity contribution is 7.99. The van der Waals surface area contributed by atoms with E-state index in [2.05, 4.69) is 22.5 Å². The number of hydrogen-bond donors (Lipinski definition) is 3. The molecular formula is C25H28N4O3S. The Hall–Kier alpha value is -3.52. The predicted octanol–water partition coefficient (Wildman–Crippen LogP) is 5.46. The first kappa shape index (κ1) is 24.1. The van der Waals surface area contributed by atoms with Gasteiger partial charge in [0.05, 0.1) is 23.9 Å². The van der Waals surface area contributed by atoms with Crippen LogP contribution in [0.15, 0.2) is 65.7 Å². The summed E-state index contributed by atoms with van der Waals surface area (Å²) >= 11 is 1.47. The Morgan fingerprint density at radius 3 is 2.39 bits per heavy atom. The van der Waals surface area contributed by atoms with Crippen LogP contribution >= 0.6 is 11.8 Å². The number of thioether (sulfide) groups is 1. The average Bonchev–Trinajstić information content (AvgIpc) is 2.82. The predicted molar refractivity (Wildman–Crippen MR) is 134 cm³/mol. The molecule has 0 saturated carbocycles. The van der Waals surface area contributed by atoms with Crippen LogP contribution in [0.3, 0.4) is 0 Å². The highest BCUT2D eigenvalue weighted by Crippen LogP contribution is 2.29. The number of hydrogen-bond acceptors (Lipinski definition) is 6. The number of carbonyl (C=O) groups excluding carboxylic acids is 2. The largest absolute Gasteiger partial charge is 0.495 e. The van der Waals surface area contributed by atoms with Crippen LogP contribution in [0.25, 0.3) is 0 Å². The molecule has 1 heterocycles. The smallest absolute Gasteiger partial charge is 0.259 e. The molecule has 2 aromatic carbocycles. The van der Waals surface area contributed by atoms with Gasteiger partial charge in [-0.15, -0.1) is 11.8 Å². The van der Waals surface area contributed by atoms with E-state index < -0.39 is 5.91 Å². The van der Waals surface area contributed by atoms with Gasteiger partial charge in [-0.05, 0) is 42.5 Å². The lowest BCUT2D eigenvalue weighted by Crippen LogP contribution is -2.20. The fourth-order valence-corrected chi connectivity index (χ4v) is 4.15. The van der Waals surface area contributed by atoms with Gasteiger partial charge in [-0.25, -0.2) is 4.98 Å². The lowest BCUT2D eigenvalue weighted by Gasteiger charge is -2.14. The van der Waals surface area contributed by atoms with Crippen molar-refractivity contribution in [3.63, 3.8) is 0 Å². The topological polar surface area (TPSA) is 106 Å². The molecule has 0 atom stereocenters. The molecule has 0 aliphatic carbocycles. The molecule has 172 valence electrons. The number of aromatic nitrogens is 1. The second kappa shape index (κ2) is 11.9. The molecular weight excluding hydrogens is 436 g/mol. The third kappa shape index (κ3) is 6.49. The van der Waals surface area contributed by atoms with Crippen LogP contribution in [-0.2, 0) is 0 Å². The number of ether oxygens (including phenoxy) is 1. The van der Waals surface area contributed by atoms with Crippen LogP contribution < -0.4 is 21.1 Å². The van der Waals surface area contributed by atoms with Crippen molar-refractivity contribution < 1.29 is 14.3 Å². The number of para-hydroxylation sites is 3. The van der Waals surface area contributed by atoms with Crippen LogP contribution in [0.5, 0.6) is 5.75 Å². The maximum absolute atomic E-state index is 13.1. The molecule has 3 rings (SSSR count). The first-order valence-electron chi connectivity index (χ1n) is 10.8. The van der Waals surface area contributed by atoms with Gasteiger partial charge in [-0.2, -0.15) is 0 Å². The van der Waals surface area contributed by atoms with E-state index in [-0.39, 0.29) is 17.3 Å². The Labute approximate surface area is 198 Å². The van der Waals surface area contributed by atoms with Gasteiger partial charge in [0.1, 0.15) is 16.6 Å². The van der Waals surface area contributed by atoms with E-state index in [1.165, 1.54) is 24.9 Å². The van der Waals surface area contributed by atoms with Gasteiger partial charge in [-0.3, -0.25) is 9.59 Å². The van der Waals surface area contributed by atoms with Crippen molar-refractivity contribution in [2.45, 2.75) is 31.2 Å². The second-order valence-corrected chi connectivity index (χ2v) is 8.39. The molecule has 33 heavy (non-hydrogen) atoms. The minimum absolute atomic E-state index is 0.0663. The maximum Gasteiger partial charge on any atom is 0.259 e. The van der Waals surface area contributed by atoms with Crippen molar-refractivity contribution in [2.24, 2.45) is 0 Å². The van der Waals surface area contributed by atoms with Gasteiger partial charge >= 0.3 is 0 Å². The Morgan fingerprint density at radius 1 is 0.970 bits per heavy atom. The molecule has 0 radical (unpaired) electrons. The van der Waals surface area contributed by atoms with Crippen molar-refractivity contribution in [2.75, 3.05) is 29.2 Å². The van der Waals surface area contributed by atoms with Crippen LogP contribution in [0, 0.1) is 0 Å². The lowest BCUT2D eigenvalue weighted by molar-refractivity contribution is 0.102. The van der Waals surface area contributed by atoms with Crippen LogP contribution in [0.4, 0.5) is 17.2 Å². The Kier molecular flexibility index (Phi) is 8.71. The molecule has 0 aliphatic rings. The first-order valence-corrected chi connectivity index (χ1v) is 11.8.